The predicted molar refractivity (Wildman–Crippen MR) is 109 cm³/mol. The zero-order valence-electron chi connectivity index (χ0n) is 17.1. The molecule has 10 nitrogen and oxygen atoms in total. The largest absolute Gasteiger partial charge is 0.501 e. The predicted octanol–water partition coefficient (Wildman–Crippen LogP) is 2.30. The Kier molecular flexibility index (Phi) is 5.56. The number of carbonyl (C=O) groups excluding carboxylic acids is 1. The summed E-state index contributed by atoms with van der Waals surface area (Å²) in [7, 11) is -5.62. The van der Waals surface area contributed by atoms with E-state index in [9.17, 15) is 26.4 Å². The topological polar surface area (TPSA) is 146 Å². The number of carbonyl (C=O) groups is 1. The van der Waals surface area contributed by atoms with Crippen LogP contribution in [0.2, 0.25) is 0 Å². The van der Waals surface area contributed by atoms with Crippen molar-refractivity contribution in [3.05, 3.63) is 53.6 Å². The number of halogens is 3. The zero-order chi connectivity index (χ0) is 24.0. The number of amides is 1. The van der Waals surface area contributed by atoms with Gasteiger partial charge >= 0.3 is 5.51 Å². The number of nitrogens with two attached hydrogens (primary N) is 1. The van der Waals surface area contributed by atoms with E-state index in [2.05, 4.69) is 25.4 Å². The maximum atomic E-state index is 13.1. The van der Waals surface area contributed by atoms with Crippen LogP contribution < -0.4 is 11.1 Å². The van der Waals surface area contributed by atoms with Crippen molar-refractivity contribution in [1.82, 2.24) is 30.0 Å². The van der Waals surface area contributed by atoms with Gasteiger partial charge < -0.3 is 11.1 Å². The molecule has 33 heavy (non-hydrogen) atoms. The van der Waals surface area contributed by atoms with Crippen LogP contribution in [0.25, 0.3) is 5.95 Å². The molecule has 1 fully saturated rings. The number of hydrogen-bond donors (Lipinski definition) is 2. The first kappa shape index (κ1) is 22.6. The third-order valence-corrected chi connectivity index (χ3v) is 6.45. The molecule has 14 heteroatoms. The lowest BCUT2D eigenvalue weighted by molar-refractivity contribution is -0.0436. The molecule has 1 aromatic carbocycles. The van der Waals surface area contributed by atoms with Gasteiger partial charge in [-0.1, -0.05) is 0 Å². The minimum Gasteiger partial charge on any atom is -0.366 e. The summed E-state index contributed by atoms with van der Waals surface area (Å²) >= 11 is 0. The van der Waals surface area contributed by atoms with Crippen LogP contribution in [0.5, 0.6) is 0 Å². The maximum absolute atomic E-state index is 13.1. The van der Waals surface area contributed by atoms with Crippen molar-refractivity contribution in [2.45, 2.75) is 42.1 Å². The maximum Gasteiger partial charge on any atom is 0.501 e. The van der Waals surface area contributed by atoms with Gasteiger partial charge in [-0.15, -0.1) is 5.10 Å². The van der Waals surface area contributed by atoms with Crippen molar-refractivity contribution in [3.63, 3.8) is 0 Å². The molecule has 174 valence electrons. The van der Waals surface area contributed by atoms with Gasteiger partial charge in [0.05, 0.1) is 10.9 Å². The van der Waals surface area contributed by atoms with Crippen LogP contribution >= 0.6 is 0 Å². The van der Waals surface area contributed by atoms with E-state index in [-0.39, 0.29) is 29.2 Å². The molecule has 1 aliphatic rings. The van der Waals surface area contributed by atoms with E-state index in [0.717, 1.165) is 12.1 Å². The second-order valence-corrected chi connectivity index (χ2v) is 9.44. The molecule has 2 aromatic heterocycles. The Morgan fingerprint density at radius 2 is 1.88 bits per heavy atom. The molecule has 1 saturated carbocycles. The molecule has 3 aromatic rings. The van der Waals surface area contributed by atoms with Crippen LogP contribution in [0.15, 0.2) is 41.6 Å². The van der Waals surface area contributed by atoms with Gasteiger partial charge in [0.1, 0.15) is 0 Å². The second-order valence-electron chi connectivity index (χ2n) is 7.50. The van der Waals surface area contributed by atoms with Crippen LogP contribution in [0.3, 0.4) is 0 Å². The summed E-state index contributed by atoms with van der Waals surface area (Å²) in [6.07, 6.45) is 4.34. The molecule has 0 unspecified atom stereocenters. The SMILES string of the molecule is C[C@H](NC(=O)c1cc(C2CC2)cc(S(=O)(=O)C(F)(F)F)c1)c1nc(N)nn1-c1ncccn1. The van der Waals surface area contributed by atoms with Gasteiger partial charge in [0, 0.05) is 18.0 Å². The molecule has 4 rings (SSSR count). The Bertz CT molecular complexity index is 1310. The van der Waals surface area contributed by atoms with E-state index >= 15 is 0 Å². The average molecular weight is 481 g/mol. The second kappa shape index (κ2) is 8.10. The summed E-state index contributed by atoms with van der Waals surface area (Å²) in [6.45, 7) is 1.55. The van der Waals surface area contributed by atoms with E-state index in [0.29, 0.717) is 18.4 Å². The standard InChI is InChI=1S/C19H18F3N7O3S/c1-10(15-27-17(23)28-29(15)18-24-5-2-6-25-18)26-16(30)13-7-12(11-3-4-11)8-14(9-13)33(31,32)19(20,21)22/h2,5-11H,3-4H2,1H3,(H2,23,28)(H,26,30)/t10-/m0/s1. The molecule has 2 heterocycles. The van der Waals surface area contributed by atoms with Crippen molar-refractivity contribution < 1.29 is 26.4 Å². The highest BCUT2D eigenvalue weighted by molar-refractivity contribution is 7.92. The molecule has 3 N–H and O–H groups in total. The highest BCUT2D eigenvalue weighted by Gasteiger charge is 2.47. The summed E-state index contributed by atoms with van der Waals surface area (Å²) in [4.78, 5) is 24.1. The monoisotopic (exact) mass is 481 g/mol. The van der Waals surface area contributed by atoms with Gasteiger partial charge in [-0.05, 0) is 55.5 Å². The van der Waals surface area contributed by atoms with Gasteiger partial charge in [0.15, 0.2) is 5.82 Å². The number of nitrogens with one attached hydrogen (secondary N) is 1. The van der Waals surface area contributed by atoms with Crippen LogP contribution in [-0.4, -0.2) is 44.6 Å². The highest BCUT2D eigenvalue weighted by atomic mass is 32.2. The third kappa shape index (κ3) is 4.51. The number of sulfone groups is 1. The van der Waals surface area contributed by atoms with E-state index in [1.807, 2.05) is 0 Å². The first-order valence-corrected chi connectivity index (χ1v) is 11.2. The quantitative estimate of drug-likeness (QED) is 0.545. The number of alkyl halides is 3. The average Bonchev–Trinajstić information content (AvgIpc) is 3.54. The molecule has 0 spiro atoms. The summed E-state index contributed by atoms with van der Waals surface area (Å²) in [5, 5.41) is 6.59. The normalized spacial score (nSPS) is 15.3. The Morgan fingerprint density at radius 1 is 1.21 bits per heavy atom. The van der Waals surface area contributed by atoms with Gasteiger partial charge in [-0.3, -0.25) is 4.79 Å². The lowest BCUT2D eigenvalue weighted by Crippen LogP contribution is -2.29. The summed E-state index contributed by atoms with van der Waals surface area (Å²) < 4.78 is 64.5. The lowest BCUT2D eigenvalue weighted by Gasteiger charge is -2.15. The first-order chi connectivity index (χ1) is 15.5. The van der Waals surface area contributed by atoms with E-state index < -0.39 is 32.2 Å². The minimum atomic E-state index is -5.62. The van der Waals surface area contributed by atoms with Crippen molar-refractivity contribution in [2.24, 2.45) is 0 Å². The number of nitrogens with zero attached hydrogens (tertiary/aromatic N) is 5. The Morgan fingerprint density at radius 3 is 2.48 bits per heavy atom. The molecule has 1 atom stereocenters. The van der Waals surface area contributed by atoms with Crippen molar-refractivity contribution in [3.8, 4) is 5.95 Å². The van der Waals surface area contributed by atoms with Crippen molar-refractivity contribution in [2.75, 3.05) is 5.73 Å². The smallest absolute Gasteiger partial charge is 0.366 e. The summed E-state index contributed by atoms with van der Waals surface area (Å²) in [5.74, 6) is -0.658. The number of nitrogen functional groups attached to an aromatic ring is 1. The molecular weight excluding hydrogens is 463 g/mol. The van der Waals surface area contributed by atoms with E-state index in [1.165, 1.54) is 23.1 Å². The Hall–Kier alpha value is -3.55. The number of anilines is 1. The van der Waals surface area contributed by atoms with Crippen LogP contribution in [0, 0.1) is 0 Å². The fourth-order valence-electron chi connectivity index (χ4n) is 3.21. The van der Waals surface area contributed by atoms with Gasteiger partial charge in [-0.2, -0.15) is 22.8 Å². The molecule has 0 saturated heterocycles. The fourth-order valence-corrected chi connectivity index (χ4v) is 4.05. The van der Waals surface area contributed by atoms with Gasteiger partial charge in [0.25, 0.3) is 21.7 Å². The molecule has 0 bridgehead atoms. The molecular formula is C19H18F3N7O3S. The third-order valence-electron chi connectivity index (χ3n) is 4.98. The number of benzene rings is 1. The highest BCUT2D eigenvalue weighted by Crippen LogP contribution is 2.42. The zero-order valence-corrected chi connectivity index (χ0v) is 17.9. The van der Waals surface area contributed by atoms with Crippen LogP contribution in [0.4, 0.5) is 19.1 Å². The lowest BCUT2D eigenvalue weighted by atomic mass is 10.1. The van der Waals surface area contributed by atoms with Gasteiger partial charge in [-0.25, -0.2) is 18.4 Å². The minimum absolute atomic E-state index is 0.0875. The van der Waals surface area contributed by atoms with Crippen molar-refractivity contribution in [1.29, 1.82) is 0 Å². The molecule has 0 radical (unpaired) electrons. The van der Waals surface area contributed by atoms with Crippen LogP contribution in [0.1, 0.15) is 53.5 Å². The van der Waals surface area contributed by atoms with Gasteiger partial charge in [0.2, 0.25) is 5.95 Å². The van der Waals surface area contributed by atoms with E-state index in [1.54, 1.807) is 13.0 Å². The number of hydrogen-bond acceptors (Lipinski definition) is 8. The van der Waals surface area contributed by atoms with E-state index in [4.69, 9.17) is 5.73 Å². The summed E-state index contributed by atoms with van der Waals surface area (Å²) in [5.41, 5.74) is 0.340. The number of aromatic nitrogens is 5. The number of rotatable bonds is 6. The molecule has 1 aliphatic carbocycles. The molecule has 1 amide bonds. The fraction of sp³-hybridized carbons (Fsp3) is 0.316. The first-order valence-electron chi connectivity index (χ1n) is 9.74. The Balaban J connectivity index is 1.66. The Labute approximate surface area is 186 Å². The molecule has 0 aliphatic heterocycles. The van der Waals surface area contributed by atoms with Crippen molar-refractivity contribution >= 4 is 21.7 Å². The summed E-state index contributed by atoms with van der Waals surface area (Å²) in [6, 6.07) is 3.86. The van der Waals surface area contributed by atoms with Crippen LogP contribution in [-0.2, 0) is 9.84 Å².